The highest BCUT2D eigenvalue weighted by Gasteiger charge is 2.27. The van der Waals surface area contributed by atoms with Crippen LogP contribution in [0.1, 0.15) is 28.6 Å². The van der Waals surface area contributed by atoms with Crippen LogP contribution in [-0.2, 0) is 13.0 Å². The Balaban J connectivity index is 1.80. The van der Waals surface area contributed by atoms with Crippen LogP contribution in [0.2, 0.25) is 0 Å². The van der Waals surface area contributed by atoms with E-state index < -0.39 is 0 Å². The molecule has 0 fully saturated rings. The molecule has 3 N–H and O–H groups in total. The van der Waals surface area contributed by atoms with Gasteiger partial charge in [-0.3, -0.25) is 4.79 Å². The lowest BCUT2D eigenvalue weighted by Gasteiger charge is -2.24. The van der Waals surface area contributed by atoms with E-state index in [2.05, 4.69) is 35.3 Å². The normalized spacial score (nSPS) is 16.6. The first-order valence-electron chi connectivity index (χ1n) is 7.60. The van der Waals surface area contributed by atoms with E-state index in [0.717, 1.165) is 12.0 Å². The van der Waals surface area contributed by atoms with Crippen molar-refractivity contribution >= 4 is 11.6 Å². The first-order chi connectivity index (χ1) is 10.7. The average molecular weight is 299 g/mol. The highest BCUT2D eigenvalue weighted by molar-refractivity contribution is 5.93. The summed E-state index contributed by atoms with van der Waals surface area (Å²) >= 11 is 0. The van der Waals surface area contributed by atoms with Crippen molar-refractivity contribution in [2.24, 2.45) is 5.73 Å². The number of benzene rings is 1. The number of nitrogens with one attached hydrogen (secondary N) is 1. The van der Waals surface area contributed by atoms with Crippen LogP contribution in [0.5, 0.6) is 0 Å². The molecule has 0 unspecified atom stereocenters. The number of carbonyl (C=O) groups excluding carboxylic acids is 1. The van der Waals surface area contributed by atoms with Gasteiger partial charge in [0.25, 0.3) is 5.91 Å². The number of carbonyl (C=O) groups is 1. The third-order valence-corrected chi connectivity index (χ3v) is 4.07. The molecule has 0 bridgehead atoms. The number of amides is 1. The molecule has 1 atom stereocenters. The Morgan fingerprint density at radius 3 is 3.05 bits per heavy atom. The van der Waals surface area contributed by atoms with Crippen molar-refractivity contribution in [3.05, 3.63) is 53.5 Å². The fourth-order valence-electron chi connectivity index (χ4n) is 2.98. The number of fused-ring (bicyclic) bond motifs is 1. The van der Waals surface area contributed by atoms with Gasteiger partial charge in [-0.2, -0.15) is 0 Å². The Kier molecular flexibility index (Phi) is 4.15. The van der Waals surface area contributed by atoms with Crippen LogP contribution in [0, 0.1) is 0 Å². The van der Waals surface area contributed by atoms with Crippen LogP contribution >= 0.6 is 0 Å². The molecule has 116 valence electrons. The van der Waals surface area contributed by atoms with Crippen LogP contribution in [0.15, 0.2) is 41.0 Å². The Morgan fingerprint density at radius 1 is 1.41 bits per heavy atom. The summed E-state index contributed by atoms with van der Waals surface area (Å²) in [6.45, 7) is 3.73. The monoisotopic (exact) mass is 299 g/mol. The minimum atomic E-state index is -0.203. The fourth-order valence-corrected chi connectivity index (χ4v) is 2.98. The zero-order chi connectivity index (χ0) is 15.5. The molecule has 2 heterocycles. The zero-order valence-electron chi connectivity index (χ0n) is 12.7. The summed E-state index contributed by atoms with van der Waals surface area (Å²) in [7, 11) is 0. The van der Waals surface area contributed by atoms with E-state index in [9.17, 15) is 4.79 Å². The molecule has 0 saturated carbocycles. The molecule has 3 rings (SSSR count). The lowest BCUT2D eigenvalue weighted by molar-refractivity contribution is 0.0925. The standard InChI is InChI=1S/C17H21N3O2/c1-12-10-13-4-2-3-5-15(13)20(12)11-14-6-9-22-16(14)17(21)19-8-7-18/h2-6,9,12H,7-8,10-11,18H2,1H3,(H,19,21)/t12-/m0/s1. The van der Waals surface area contributed by atoms with E-state index in [1.165, 1.54) is 11.3 Å². The summed E-state index contributed by atoms with van der Waals surface area (Å²) in [5.41, 5.74) is 8.91. The summed E-state index contributed by atoms with van der Waals surface area (Å²) in [6, 6.07) is 10.7. The summed E-state index contributed by atoms with van der Waals surface area (Å²) in [5, 5.41) is 2.75. The predicted octanol–water partition coefficient (Wildman–Crippen LogP) is 1.92. The number of nitrogens with zero attached hydrogens (tertiary/aromatic N) is 1. The SMILES string of the molecule is C[C@H]1Cc2ccccc2N1Cc1ccoc1C(=O)NCCN. The molecule has 1 aliphatic rings. The summed E-state index contributed by atoms with van der Waals surface area (Å²) in [5.74, 6) is 0.176. The minimum absolute atomic E-state index is 0.203. The van der Waals surface area contributed by atoms with Gasteiger partial charge < -0.3 is 20.4 Å². The van der Waals surface area contributed by atoms with Crippen LogP contribution in [0.3, 0.4) is 0 Å². The van der Waals surface area contributed by atoms with Gasteiger partial charge in [0.15, 0.2) is 5.76 Å². The van der Waals surface area contributed by atoms with Gasteiger partial charge in [-0.1, -0.05) is 18.2 Å². The fraction of sp³-hybridized carbons (Fsp3) is 0.353. The van der Waals surface area contributed by atoms with Crippen LogP contribution in [0.4, 0.5) is 5.69 Å². The second kappa shape index (κ2) is 6.23. The third kappa shape index (κ3) is 2.72. The van der Waals surface area contributed by atoms with Gasteiger partial charge in [-0.25, -0.2) is 0 Å². The molecule has 22 heavy (non-hydrogen) atoms. The van der Waals surface area contributed by atoms with Crippen LogP contribution in [-0.4, -0.2) is 25.0 Å². The largest absolute Gasteiger partial charge is 0.459 e. The quantitative estimate of drug-likeness (QED) is 0.885. The van der Waals surface area contributed by atoms with Gasteiger partial charge in [0.1, 0.15) is 0 Å². The second-order valence-electron chi connectivity index (χ2n) is 5.63. The summed E-state index contributed by atoms with van der Waals surface area (Å²) < 4.78 is 5.38. The number of hydrogen-bond donors (Lipinski definition) is 2. The maximum atomic E-state index is 12.1. The Hall–Kier alpha value is -2.27. The highest BCUT2D eigenvalue weighted by Crippen LogP contribution is 2.33. The summed E-state index contributed by atoms with van der Waals surface area (Å²) in [6.07, 6.45) is 2.60. The Morgan fingerprint density at radius 2 is 2.23 bits per heavy atom. The molecular formula is C17H21N3O2. The van der Waals surface area contributed by atoms with Crippen molar-refractivity contribution < 1.29 is 9.21 Å². The lowest BCUT2D eigenvalue weighted by atomic mass is 10.1. The van der Waals surface area contributed by atoms with E-state index in [0.29, 0.717) is 31.4 Å². The summed E-state index contributed by atoms with van der Waals surface area (Å²) in [4.78, 5) is 14.4. The molecule has 2 aromatic rings. The molecule has 1 amide bonds. The van der Waals surface area contributed by atoms with Gasteiger partial charge in [0, 0.05) is 36.9 Å². The minimum Gasteiger partial charge on any atom is -0.459 e. The predicted molar refractivity (Wildman–Crippen MR) is 85.9 cm³/mol. The Labute approximate surface area is 130 Å². The van der Waals surface area contributed by atoms with Gasteiger partial charge in [-0.15, -0.1) is 0 Å². The number of anilines is 1. The number of furan rings is 1. The maximum Gasteiger partial charge on any atom is 0.287 e. The van der Waals surface area contributed by atoms with Crippen LogP contribution < -0.4 is 16.0 Å². The lowest BCUT2D eigenvalue weighted by Crippen LogP contribution is -2.32. The van der Waals surface area contributed by atoms with Crippen molar-refractivity contribution in [2.75, 3.05) is 18.0 Å². The smallest absolute Gasteiger partial charge is 0.287 e. The van der Waals surface area contributed by atoms with Crippen LogP contribution in [0.25, 0.3) is 0 Å². The number of nitrogens with two attached hydrogens (primary N) is 1. The maximum absolute atomic E-state index is 12.1. The van der Waals surface area contributed by atoms with Gasteiger partial charge in [0.05, 0.1) is 6.26 Å². The van der Waals surface area contributed by atoms with E-state index in [-0.39, 0.29) is 5.91 Å². The van der Waals surface area contributed by atoms with Gasteiger partial charge >= 0.3 is 0 Å². The number of rotatable bonds is 5. The van der Waals surface area contributed by atoms with Crippen molar-refractivity contribution in [1.82, 2.24) is 5.32 Å². The van der Waals surface area contributed by atoms with Crippen molar-refractivity contribution in [3.63, 3.8) is 0 Å². The molecule has 1 aromatic heterocycles. The Bertz CT molecular complexity index is 665. The van der Waals surface area contributed by atoms with Gasteiger partial charge in [-0.05, 0) is 31.0 Å². The number of hydrogen-bond acceptors (Lipinski definition) is 4. The van der Waals surface area contributed by atoms with Crippen molar-refractivity contribution in [2.45, 2.75) is 25.9 Å². The molecule has 0 spiro atoms. The molecule has 1 aromatic carbocycles. The molecule has 5 heteroatoms. The number of para-hydroxylation sites is 1. The van der Waals surface area contributed by atoms with E-state index in [1.807, 2.05) is 12.1 Å². The molecular weight excluding hydrogens is 278 g/mol. The van der Waals surface area contributed by atoms with E-state index in [1.54, 1.807) is 6.26 Å². The highest BCUT2D eigenvalue weighted by atomic mass is 16.3. The van der Waals surface area contributed by atoms with E-state index >= 15 is 0 Å². The molecule has 5 nitrogen and oxygen atoms in total. The van der Waals surface area contributed by atoms with Crippen molar-refractivity contribution in [3.8, 4) is 0 Å². The zero-order valence-corrected chi connectivity index (χ0v) is 12.7. The second-order valence-corrected chi connectivity index (χ2v) is 5.63. The molecule has 0 aliphatic carbocycles. The molecule has 0 radical (unpaired) electrons. The van der Waals surface area contributed by atoms with E-state index in [4.69, 9.17) is 10.2 Å². The molecule has 0 saturated heterocycles. The van der Waals surface area contributed by atoms with Crippen molar-refractivity contribution in [1.29, 1.82) is 0 Å². The van der Waals surface area contributed by atoms with Gasteiger partial charge in [0.2, 0.25) is 0 Å². The average Bonchev–Trinajstić information content (AvgIpc) is 3.10. The molecule has 1 aliphatic heterocycles. The first kappa shape index (κ1) is 14.7. The third-order valence-electron chi connectivity index (χ3n) is 4.07. The first-order valence-corrected chi connectivity index (χ1v) is 7.60. The topological polar surface area (TPSA) is 71.5 Å².